The Kier molecular flexibility index (Phi) is 4.90. The summed E-state index contributed by atoms with van der Waals surface area (Å²) in [5.41, 5.74) is 1.01. The van der Waals surface area contributed by atoms with Gasteiger partial charge in [0.05, 0.1) is 5.75 Å². The van der Waals surface area contributed by atoms with E-state index in [1.54, 1.807) is 0 Å². The van der Waals surface area contributed by atoms with Crippen molar-refractivity contribution >= 4 is 15.8 Å². The van der Waals surface area contributed by atoms with Crippen LogP contribution < -0.4 is 9.62 Å². The Morgan fingerprint density at radius 3 is 2.59 bits per heavy atom. The Morgan fingerprint density at radius 1 is 1.15 bits per heavy atom. The van der Waals surface area contributed by atoms with Gasteiger partial charge in [-0.1, -0.05) is 0 Å². The van der Waals surface area contributed by atoms with Gasteiger partial charge in [-0.25, -0.2) is 21.9 Å². The molecule has 1 aliphatic heterocycles. The third kappa shape index (κ3) is 4.47. The van der Waals surface area contributed by atoms with Gasteiger partial charge in [-0.2, -0.15) is 5.10 Å². The highest BCUT2D eigenvalue weighted by molar-refractivity contribution is 7.88. The average Bonchev–Trinajstić information content (AvgIpc) is 3.35. The van der Waals surface area contributed by atoms with Crippen LogP contribution in [0.15, 0.2) is 24.3 Å². The molecule has 1 saturated carbocycles. The topological polar surface area (TPSA) is 78.1 Å². The minimum atomic E-state index is -3.75. The smallest absolute Gasteiger partial charge is 0.216 e. The Morgan fingerprint density at radius 2 is 1.89 bits per heavy atom. The molecular weight excluding hydrogens is 374 g/mol. The largest absolute Gasteiger partial charge is 0.355 e. The molecule has 0 atom stereocenters. The number of sulfonamides is 1. The average molecular weight is 396 g/mol. The second-order valence-electron chi connectivity index (χ2n) is 7.33. The zero-order valence-electron chi connectivity index (χ0n) is 14.8. The van der Waals surface area contributed by atoms with Crippen molar-refractivity contribution in [3.8, 4) is 0 Å². The molecule has 2 aromatic rings. The summed E-state index contributed by atoms with van der Waals surface area (Å²) in [5, 5.41) is 7.44. The lowest BCUT2D eigenvalue weighted by Crippen LogP contribution is -2.45. The number of aromatic amines is 1. The highest BCUT2D eigenvalue weighted by Crippen LogP contribution is 2.40. The van der Waals surface area contributed by atoms with E-state index in [1.165, 1.54) is 18.5 Å². The van der Waals surface area contributed by atoms with Crippen molar-refractivity contribution in [1.82, 2.24) is 14.9 Å². The molecule has 6 nitrogen and oxygen atoms in total. The van der Waals surface area contributed by atoms with Gasteiger partial charge < -0.3 is 4.90 Å². The highest BCUT2D eigenvalue weighted by Gasteiger charge is 2.28. The molecule has 2 fully saturated rings. The molecule has 0 radical (unpaired) electrons. The van der Waals surface area contributed by atoms with Crippen molar-refractivity contribution in [2.24, 2.45) is 0 Å². The van der Waals surface area contributed by atoms with Gasteiger partial charge in [-0.15, -0.1) is 0 Å². The number of H-pyrrole nitrogens is 1. The molecular formula is C18H22F2N4O2S. The second kappa shape index (κ2) is 7.20. The third-order valence-corrected chi connectivity index (χ3v) is 6.50. The predicted molar refractivity (Wildman–Crippen MR) is 97.9 cm³/mol. The summed E-state index contributed by atoms with van der Waals surface area (Å²) in [6, 6.07) is 4.70. The van der Waals surface area contributed by atoms with Gasteiger partial charge in [0.25, 0.3) is 0 Å². The lowest BCUT2D eigenvalue weighted by molar-refractivity contribution is 0.457. The molecule has 0 unspecified atom stereocenters. The van der Waals surface area contributed by atoms with Crippen LogP contribution in [0.3, 0.4) is 0 Å². The molecule has 0 amide bonds. The first-order chi connectivity index (χ1) is 12.9. The molecule has 0 bridgehead atoms. The molecule has 1 aromatic heterocycles. The molecule has 9 heteroatoms. The first-order valence-electron chi connectivity index (χ1n) is 9.14. The minimum Gasteiger partial charge on any atom is -0.355 e. The van der Waals surface area contributed by atoms with Crippen LogP contribution in [0.25, 0.3) is 0 Å². The van der Waals surface area contributed by atoms with E-state index in [9.17, 15) is 17.2 Å². The SMILES string of the molecule is O=S(=O)(Cc1cc(F)ccc1F)NC1CCN(c2cc(C3CC3)[nH]n2)CC1. The molecule has 2 heterocycles. The van der Waals surface area contributed by atoms with E-state index in [2.05, 4.69) is 25.9 Å². The van der Waals surface area contributed by atoms with Crippen LogP contribution in [0, 0.1) is 11.6 Å². The zero-order valence-corrected chi connectivity index (χ0v) is 15.6. The van der Waals surface area contributed by atoms with Crippen molar-refractivity contribution in [1.29, 1.82) is 0 Å². The minimum absolute atomic E-state index is 0.163. The third-order valence-electron chi connectivity index (χ3n) is 5.12. The molecule has 146 valence electrons. The van der Waals surface area contributed by atoms with Crippen molar-refractivity contribution in [3.63, 3.8) is 0 Å². The Bertz CT molecular complexity index is 919. The summed E-state index contributed by atoms with van der Waals surface area (Å²) < 4.78 is 54.2. The van der Waals surface area contributed by atoms with Crippen LogP contribution >= 0.6 is 0 Å². The van der Waals surface area contributed by atoms with E-state index in [0.717, 1.165) is 24.0 Å². The van der Waals surface area contributed by atoms with Crippen molar-refractivity contribution in [3.05, 3.63) is 47.2 Å². The summed E-state index contributed by atoms with van der Waals surface area (Å²) >= 11 is 0. The van der Waals surface area contributed by atoms with E-state index >= 15 is 0 Å². The van der Waals surface area contributed by atoms with Crippen molar-refractivity contribution in [2.75, 3.05) is 18.0 Å². The summed E-state index contributed by atoms with van der Waals surface area (Å²) in [6.07, 6.45) is 3.68. The monoisotopic (exact) mass is 396 g/mol. The van der Waals surface area contributed by atoms with E-state index in [1.807, 2.05) is 0 Å². The van der Waals surface area contributed by atoms with E-state index in [0.29, 0.717) is 31.8 Å². The van der Waals surface area contributed by atoms with E-state index in [-0.39, 0.29) is 11.6 Å². The molecule has 2 aliphatic rings. The van der Waals surface area contributed by atoms with Crippen LogP contribution in [0.4, 0.5) is 14.6 Å². The number of benzene rings is 1. The number of halogens is 2. The van der Waals surface area contributed by atoms with Crippen molar-refractivity contribution in [2.45, 2.75) is 43.4 Å². The van der Waals surface area contributed by atoms with Gasteiger partial charge in [0, 0.05) is 42.4 Å². The Labute approximate surface area is 157 Å². The fraction of sp³-hybridized carbons (Fsp3) is 0.500. The van der Waals surface area contributed by atoms with Gasteiger partial charge in [-0.05, 0) is 43.9 Å². The number of aromatic nitrogens is 2. The molecule has 1 saturated heterocycles. The van der Waals surface area contributed by atoms with Crippen LogP contribution in [0.5, 0.6) is 0 Å². The van der Waals surface area contributed by atoms with E-state index in [4.69, 9.17) is 0 Å². The standard InChI is InChI=1S/C18H22F2N4O2S/c19-14-3-4-16(20)13(9-14)11-27(25,26)23-15-5-7-24(8-6-15)18-10-17(21-22-18)12-1-2-12/h3-4,9-10,12,15,23H,1-2,5-8,11H2,(H,21,22). The summed E-state index contributed by atoms with van der Waals surface area (Å²) in [5.74, 6) is -0.430. The predicted octanol–water partition coefficient (Wildman–Crippen LogP) is 2.65. The first kappa shape index (κ1) is 18.4. The Hall–Kier alpha value is -2.00. The molecule has 4 rings (SSSR count). The maximum atomic E-state index is 13.7. The quantitative estimate of drug-likeness (QED) is 0.787. The van der Waals surface area contributed by atoms with Crippen molar-refractivity contribution < 1.29 is 17.2 Å². The van der Waals surface area contributed by atoms with Gasteiger partial charge >= 0.3 is 0 Å². The normalized spacial score (nSPS) is 18.8. The van der Waals surface area contributed by atoms with Gasteiger partial charge in [0.1, 0.15) is 11.6 Å². The lowest BCUT2D eigenvalue weighted by Gasteiger charge is -2.32. The number of nitrogens with one attached hydrogen (secondary N) is 2. The molecule has 27 heavy (non-hydrogen) atoms. The number of rotatable bonds is 6. The molecule has 1 aliphatic carbocycles. The summed E-state index contributed by atoms with van der Waals surface area (Å²) in [6.45, 7) is 1.38. The van der Waals surface area contributed by atoms with Crippen LogP contribution in [-0.4, -0.2) is 37.7 Å². The first-order valence-corrected chi connectivity index (χ1v) is 10.8. The second-order valence-corrected chi connectivity index (χ2v) is 9.08. The summed E-state index contributed by atoms with van der Waals surface area (Å²) in [7, 11) is -3.75. The fourth-order valence-electron chi connectivity index (χ4n) is 3.47. The van der Waals surface area contributed by atoms with Crippen LogP contribution in [-0.2, 0) is 15.8 Å². The Balaban J connectivity index is 1.33. The number of piperidine rings is 1. The van der Waals surface area contributed by atoms with E-state index < -0.39 is 27.4 Å². The van der Waals surface area contributed by atoms with Crippen LogP contribution in [0.1, 0.15) is 42.9 Å². The number of anilines is 1. The maximum Gasteiger partial charge on any atom is 0.216 e. The molecule has 1 aromatic carbocycles. The molecule has 2 N–H and O–H groups in total. The summed E-state index contributed by atoms with van der Waals surface area (Å²) in [4.78, 5) is 2.14. The fourth-order valence-corrected chi connectivity index (χ4v) is 4.93. The maximum absolute atomic E-state index is 13.7. The lowest BCUT2D eigenvalue weighted by atomic mass is 10.1. The number of hydrogen-bond donors (Lipinski definition) is 2. The molecule has 0 spiro atoms. The van der Waals surface area contributed by atoms with Gasteiger partial charge in [0.15, 0.2) is 5.82 Å². The highest BCUT2D eigenvalue weighted by atomic mass is 32.2. The number of nitrogens with zero attached hydrogens (tertiary/aromatic N) is 2. The van der Waals surface area contributed by atoms with Crippen LogP contribution in [0.2, 0.25) is 0 Å². The number of hydrogen-bond acceptors (Lipinski definition) is 4. The van der Waals surface area contributed by atoms with Gasteiger partial charge in [-0.3, -0.25) is 5.10 Å². The van der Waals surface area contributed by atoms with Gasteiger partial charge in [0.2, 0.25) is 10.0 Å². The zero-order chi connectivity index (χ0) is 19.0.